The van der Waals surface area contributed by atoms with Gasteiger partial charge in [-0.05, 0) is 45.6 Å². The van der Waals surface area contributed by atoms with E-state index in [2.05, 4.69) is 44.8 Å². The Morgan fingerprint density at radius 3 is 2.55 bits per heavy atom. The average molecular weight is 284 g/mol. The molecule has 20 heavy (non-hydrogen) atoms. The van der Waals surface area contributed by atoms with Crippen LogP contribution >= 0.6 is 0 Å². The first-order valence-corrected chi connectivity index (χ1v) is 8.63. The zero-order valence-electron chi connectivity index (χ0n) is 14.3. The van der Waals surface area contributed by atoms with Crippen LogP contribution in [0.4, 0.5) is 0 Å². The first-order valence-electron chi connectivity index (χ1n) is 8.63. The molecule has 1 heterocycles. The lowest BCUT2D eigenvalue weighted by Crippen LogP contribution is -2.58. The minimum Gasteiger partial charge on any atom is -0.379 e. The van der Waals surface area contributed by atoms with Crippen molar-refractivity contribution >= 4 is 0 Å². The molecule has 3 heteroatoms. The van der Waals surface area contributed by atoms with Crippen LogP contribution in [0.5, 0.6) is 0 Å². The fraction of sp³-hybridized carbons (Fsp3) is 1.00. The maximum absolute atomic E-state index is 5.63. The summed E-state index contributed by atoms with van der Waals surface area (Å²) < 4.78 is 5.63. The summed E-state index contributed by atoms with van der Waals surface area (Å²) in [6.07, 6.45) is 5.39. The van der Waals surface area contributed by atoms with Gasteiger partial charge in [0.25, 0.3) is 0 Å². The van der Waals surface area contributed by atoms with Crippen molar-refractivity contribution in [3.05, 3.63) is 0 Å². The molecule has 0 saturated carbocycles. The standard InChI is InChI=1S/C17H36N2O/c1-6-9-16-13-19(17(12-18-16)14(2)3)10-7-8-11-20-15(4)5/h14-18H,6-13H2,1-5H3. The molecule has 1 aliphatic heterocycles. The van der Waals surface area contributed by atoms with E-state index in [0.29, 0.717) is 18.2 Å². The third-order valence-electron chi connectivity index (χ3n) is 4.24. The number of nitrogens with zero attached hydrogens (tertiary/aromatic N) is 1. The van der Waals surface area contributed by atoms with Gasteiger partial charge in [0, 0.05) is 31.8 Å². The van der Waals surface area contributed by atoms with E-state index in [1.165, 1.54) is 38.8 Å². The quantitative estimate of drug-likeness (QED) is 0.658. The topological polar surface area (TPSA) is 24.5 Å². The Bertz CT molecular complexity index is 243. The SMILES string of the molecule is CCCC1CN(CCCCOC(C)C)C(C(C)C)CN1. The van der Waals surface area contributed by atoms with Gasteiger partial charge in [-0.15, -0.1) is 0 Å². The zero-order valence-corrected chi connectivity index (χ0v) is 14.3. The summed E-state index contributed by atoms with van der Waals surface area (Å²) >= 11 is 0. The van der Waals surface area contributed by atoms with E-state index in [1.807, 2.05) is 0 Å². The van der Waals surface area contributed by atoms with Gasteiger partial charge in [-0.25, -0.2) is 0 Å². The van der Waals surface area contributed by atoms with Crippen molar-refractivity contribution in [2.24, 2.45) is 5.92 Å². The van der Waals surface area contributed by atoms with Gasteiger partial charge in [0.05, 0.1) is 6.10 Å². The number of nitrogens with one attached hydrogen (secondary N) is 1. The molecule has 0 aromatic rings. The Labute approximate surface area is 126 Å². The van der Waals surface area contributed by atoms with Gasteiger partial charge in [0.1, 0.15) is 0 Å². The van der Waals surface area contributed by atoms with Gasteiger partial charge in [-0.1, -0.05) is 27.2 Å². The predicted molar refractivity (Wildman–Crippen MR) is 87.2 cm³/mol. The Morgan fingerprint density at radius 1 is 1.20 bits per heavy atom. The summed E-state index contributed by atoms with van der Waals surface area (Å²) in [5.74, 6) is 0.733. The minimum atomic E-state index is 0.367. The van der Waals surface area contributed by atoms with Crippen LogP contribution in [0.25, 0.3) is 0 Å². The molecule has 1 aliphatic rings. The fourth-order valence-corrected chi connectivity index (χ4v) is 3.09. The van der Waals surface area contributed by atoms with Gasteiger partial charge in [-0.3, -0.25) is 4.90 Å². The van der Waals surface area contributed by atoms with Crippen LogP contribution in [-0.4, -0.2) is 49.3 Å². The number of hydrogen-bond donors (Lipinski definition) is 1. The van der Waals surface area contributed by atoms with E-state index in [1.54, 1.807) is 0 Å². The van der Waals surface area contributed by atoms with E-state index < -0.39 is 0 Å². The van der Waals surface area contributed by atoms with E-state index in [4.69, 9.17) is 4.74 Å². The number of unbranched alkanes of at least 4 members (excludes halogenated alkanes) is 1. The number of ether oxygens (including phenoxy) is 1. The van der Waals surface area contributed by atoms with Crippen molar-refractivity contribution in [3.63, 3.8) is 0 Å². The molecule has 1 N–H and O–H groups in total. The number of hydrogen-bond acceptors (Lipinski definition) is 3. The molecule has 2 unspecified atom stereocenters. The van der Waals surface area contributed by atoms with Crippen LogP contribution in [0.1, 0.15) is 60.3 Å². The summed E-state index contributed by atoms with van der Waals surface area (Å²) in [5, 5.41) is 3.73. The van der Waals surface area contributed by atoms with Crippen molar-refractivity contribution in [3.8, 4) is 0 Å². The number of piperazine rings is 1. The normalized spacial score (nSPS) is 24.8. The number of rotatable bonds is 9. The van der Waals surface area contributed by atoms with Crippen molar-refractivity contribution in [1.29, 1.82) is 0 Å². The third kappa shape index (κ3) is 6.55. The van der Waals surface area contributed by atoms with Crippen LogP contribution < -0.4 is 5.32 Å². The van der Waals surface area contributed by atoms with Crippen LogP contribution in [0, 0.1) is 5.92 Å². The van der Waals surface area contributed by atoms with Crippen LogP contribution in [0.3, 0.4) is 0 Å². The minimum absolute atomic E-state index is 0.367. The molecular formula is C17H36N2O. The maximum Gasteiger partial charge on any atom is 0.0518 e. The van der Waals surface area contributed by atoms with Gasteiger partial charge in [0.15, 0.2) is 0 Å². The van der Waals surface area contributed by atoms with Gasteiger partial charge in [0.2, 0.25) is 0 Å². The van der Waals surface area contributed by atoms with E-state index in [0.717, 1.165) is 19.1 Å². The molecule has 0 aliphatic carbocycles. The summed E-state index contributed by atoms with van der Waals surface area (Å²) in [5.41, 5.74) is 0. The highest BCUT2D eigenvalue weighted by Crippen LogP contribution is 2.17. The smallest absolute Gasteiger partial charge is 0.0518 e. The highest BCUT2D eigenvalue weighted by atomic mass is 16.5. The summed E-state index contributed by atoms with van der Waals surface area (Å²) in [6.45, 7) is 15.7. The van der Waals surface area contributed by atoms with E-state index >= 15 is 0 Å². The second-order valence-corrected chi connectivity index (χ2v) is 6.83. The molecular weight excluding hydrogens is 248 g/mol. The Hall–Kier alpha value is -0.120. The molecule has 3 nitrogen and oxygen atoms in total. The van der Waals surface area contributed by atoms with Crippen molar-refractivity contribution < 1.29 is 4.74 Å². The van der Waals surface area contributed by atoms with Crippen molar-refractivity contribution in [2.75, 3.05) is 26.2 Å². The fourth-order valence-electron chi connectivity index (χ4n) is 3.09. The first kappa shape index (κ1) is 17.9. The molecule has 0 radical (unpaired) electrons. The first-order chi connectivity index (χ1) is 9.54. The van der Waals surface area contributed by atoms with Crippen molar-refractivity contribution in [2.45, 2.75) is 78.5 Å². The highest BCUT2D eigenvalue weighted by molar-refractivity contribution is 4.87. The molecule has 1 saturated heterocycles. The Kier molecular flexibility index (Phi) is 8.74. The predicted octanol–water partition coefficient (Wildman–Crippen LogP) is 3.29. The molecule has 2 atom stereocenters. The lowest BCUT2D eigenvalue weighted by atomic mass is 9.96. The summed E-state index contributed by atoms with van der Waals surface area (Å²) in [7, 11) is 0. The van der Waals surface area contributed by atoms with E-state index in [9.17, 15) is 0 Å². The van der Waals surface area contributed by atoms with Crippen LogP contribution in [0.2, 0.25) is 0 Å². The molecule has 0 amide bonds. The molecule has 0 bridgehead atoms. The Morgan fingerprint density at radius 2 is 1.95 bits per heavy atom. The van der Waals surface area contributed by atoms with Crippen LogP contribution in [0.15, 0.2) is 0 Å². The lowest BCUT2D eigenvalue weighted by Gasteiger charge is -2.42. The molecule has 0 spiro atoms. The zero-order chi connectivity index (χ0) is 15.0. The summed E-state index contributed by atoms with van der Waals surface area (Å²) in [4.78, 5) is 2.72. The largest absolute Gasteiger partial charge is 0.379 e. The maximum atomic E-state index is 5.63. The third-order valence-corrected chi connectivity index (χ3v) is 4.24. The monoisotopic (exact) mass is 284 g/mol. The molecule has 0 aromatic heterocycles. The second kappa shape index (κ2) is 9.75. The molecule has 120 valence electrons. The van der Waals surface area contributed by atoms with Crippen LogP contribution in [-0.2, 0) is 4.74 Å². The highest BCUT2D eigenvalue weighted by Gasteiger charge is 2.28. The molecule has 0 aromatic carbocycles. The van der Waals surface area contributed by atoms with Gasteiger partial charge in [-0.2, -0.15) is 0 Å². The summed E-state index contributed by atoms with van der Waals surface area (Å²) in [6, 6.07) is 1.40. The second-order valence-electron chi connectivity index (χ2n) is 6.83. The molecule has 1 rings (SSSR count). The van der Waals surface area contributed by atoms with E-state index in [-0.39, 0.29) is 0 Å². The lowest BCUT2D eigenvalue weighted by molar-refractivity contribution is 0.0650. The Balaban J connectivity index is 2.32. The van der Waals surface area contributed by atoms with Gasteiger partial charge < -0.3 is 10.1 Å². The average Bonchev–Trinajstić information content (AvgIpc) is 2.38. The van der Waals surface area contributed by atoms with Gasteiger partial charge >= 0.3 is 0 Å². The van der Waals surface area contributed by atoms with Crippen molar-refractivity contribution in [1.82, 2.24) is 10.2 Å². The molecule has 1 fully saturated rings.